The number of hydrogen-bond donors (Lipinski definition) is 0. The van der Waals surface area contributed by atoms with Crippen molar-refractivity contribution in [2.45, 2.75) is 83.7 Å². The summed E-state index contributed by atoms with van der Waals surface area (Å²) in [5, 5.41) is 0. The lowest BCUT2D eigenvalue weighted by atomic mass is 9.74. The third kappa shape index (κ3) is 6.62. The fourth-order valence-electron chi connectivity index (χ4n) is 5.34. The van der Waals surface area contributed by atoms with Crippen molar-refractivity contribution in [2.75, 3.05) is 6.61 Å². The molecule has 3 rings (SSSR count). The van der Waals surface area contributed by atoms with Gasteiger partial charge in [-0.2, -0.15) is 0 Å². The number of hydrogen-bond acceptors (Lipinski definition) is 1. The van der Waals surface area contributed by atoms with Crippen LogP contribution in [0.3, 0.4) is 0 Å². The van der Waals surface area contributed by atoms with Crippen molar-refractivity contribution in [3.05, 3.63) is 60.2 Å². The molecule has 0 radical (unpaired) electrons. The predicted octanol–water partition coefficient (Wildman–Crippen LogP) is 7.83. The van der Waals surface area contributed by atoms with Gasteiger partial charge in [-0.3, -0.25) is 0 Å². The minimum Gasteiger partial charge on any atom is -0.373 e. The molecule has 0 aliphatic heterocycles. The number of rotatable bonds is 9. The Morgan fingerprint density at radius 1 is 0.893 bits per heavy atom. The Labute approximate surface area is 173 Å². The van der Waals surface area contributed by atoms with Crippen LogP contribution < -0.4 is 0 Å². The van der Waals surface area contributed by atoms with Gasteiger partial charge in [-0.15, -0.1) is 6.58 Å². The van der Waals surface area contributed by atoms with Crippen LogP contribution in [0.2, 0.25) is 0 Å². The maximum absolute atomic E-state index is 5.54. The average Bonchev–Trinajstić information content (AvgIpc) is 2.75. The van der Waals surface area contributed by atoms with E-state index in [-0.39, 0.29) is 0 Å². The van der Waals surface area contributed by atoms with Crippen LogP contribution in [0.4, 0.5) is 0 Å². The molecule has 0 aromatic heterocycles. The summed E-state index contributed by atoms with van der Waals surface area (Å²) in [6.07, 6.45) is 20.9. The van der Waals surface area contributed by atoms with Gasteiger partial charge in [-0.25, -0.2) is 0 Å². The maximum Gasteiger partial charge on any atom is 0.0721 e. The Hall–Kier alpha value is -1.34. The molecule has 0 bridgehead atoms. The molecule has 0 unspecified atom stereocenters. The first kappa shape index (κ1) is 21.4. The Bertz CT molecular complexity index is 583. The van der Waals surface area contributed by atoms with Crippen molar-refractivity contribution in [3.63, 3.8) is 0 Å². The van der Waals surface area contributed by atoms with E-state index in [0.29, 0.717) is 13.2 Å². The summed E-state index contributed by atoms with van der Waals surface area (Å²) in [6.45, 7) is 7.18. The monoisotopic (exact) mass is 380 g/mol. The molecule has 0 spiro atoms. The molecule has 0 heterocycles. The predicted molar refractivity (Wildman–Crippen MR) is 120 cm³/mol. The smallest absolute Gasteiger partial charge is 0.0721 e. The quantitative estimate of drug-likeness (QED) is 0.313. The van der Waals surface area contributed by atoms with Gasteiger partial charge in [-0.1, -0.05) is 55.3 Å². The molecule has 0 amide bonds. The normalized spacial score (nSPS) is 28.5. The lowest BCUT2D eigenvalue weighted by molar-refractivity contribution is 0.149. The Morgan fingerprint density at radius 2 is 1.50 bits per heavy atom. The van der Waals surface area contributed by atoms with Crippen LogP contribution in [-0.4, -0.2) is 6.61 Å². The van der Waals surface area contributed by atoms with E-state index in [1.54, 1.807) is 0 Å². The van der Waals surface area contributed by atoms with Crippen molar-refractivity contribution in [1.82, 2.24) is 0 Å². The Kier molecular flexibility index (Phi) is 8.86. The van der Waals surface area contributed by atoms with Crippen molar-refractivity contribution < 1.29 is 4.74 Å². The summed E-state index contributed by atoms with van der Waals surface area (Å²) in [7, 11) is 0. The lowest BCUT2D eigenvalue weighted by Gasteiger charge is -2.31. The maximum atomic E-state index is 5.54. The molecule has 2 fully saturated rings. The molecule has 0 N–H and O–H groups in total. The van der Waals surface area contributed by atoms with Gasteiger partial charge in [-0.05, 0) is 93.1 Å². The van der Waals surface area contributed by atoms with Crippen molar-refractivity contribution in [3.8, 4) is 0 Å². The Morgan fingerprint density at radius 3 is 2.07 bits per heavy atom. The van der Waals surface area contributed by atoms with Gasteiger partial charge in [0.25, 0.3) is 0 Å². The van der Waals surface area contributed by atoms with Crippen LogP contribution >= 0.6 is 0 Å². The van der Waals surface area contributed by atoms with Gasteiger partial charge in [0.1, 0.15) is 0 Å². The zero-order chi connectivity index (χ0) is 19.6. The molecular weight excluding hydrogens is 340 g/mol. The van der Waals surface area contributed by atoms with Gasteiger partial charge in [0.05, 0.1) is 13.2 Å². The van der Waals surface area contributed by atoms with E-state index in [1.807, 2.05) is 6.08 Å². The van der Waals surface area contributed by atoms with Crippen LogP contribution in [0.25, 0.3) is 0 Å². The van der Waals surface area contributed by atoms with Gasteiger partial charge in [0.15, 0.2) is 0 Å². The molecule has 1 heteroatoms. The highest BCUT2D eigenvalue weighted by Gasteiger charge is 2.24. The second-order valence-electron chi connectivity index (χ2n) is 9.15. The summed E-state index contributed by atoms with van der Waals surface area (Å²) in [5.74, 6) is 3.64. The standard InChI is InChI=1S/C27H40O/c1-3-5-22-6-8-23(9-7-22)10-11-24-12-16-26(17-13-24)27-18-14-25(15-19-27)21-28-20-4-2/h3-5,14-15,18-19,22-24,26H,2,6-13,16-17,20-21H2,1H3/b5-3+/t22-,23-,24?,26?. The molecule has 1 nitrogen and oxygen atoms in total. The summed E-state index contributed by atoms with van der Waals surface area (Å²) in [4.78, 5) is 0. The molecule has 2 saturated carbocycles. The van der Waals surface area contributed by atoms with Crippen LogP contribution in [0.5, 0.6) is 0 Å². The van der Waals surface area contributed by atoms with E-state index in [1.165, 1.54) is 75.3 Å². The second-order valence-corrected chi connectivity index (χ2v) is 9.15. The van der Waals surface area contributed by atoms with E-state index >= 15 is 0 Å². The highest BCUT2D eigenvalue weighted by Crippen LogP contribution is 2.40. The first-order valence-electron chi connectivity index (χ1n) is 11.7. The Balaban J connectivity index is 1.35. The molecule has 2 aliphatic rings. The summed E-state index contributed by atoms with van der Waals surface area (Å²) in [5.41, 5.74) is 2.80. The summed E-state index contributed by atoms with van der Waals surface area (Å²) >= 11 is 0. The molecule has 154 valence electrons. The first-order valence-corrected chi connectivity index (χ1v) is 11.7. The van der Waals surface area contributed by atoms with Gasteiger partial charge in [0, 0.05) is 0 Å². The van der Waals surface area contributed by atoms with E-state index in [4.69, 9.17) is 4.74 Å². The lowest BCUT2D eigenvalue weighted by Crippen LogP contribution is -2.17. The highest BCUT2D eigenvalue weighted by atomic mass is 16.5. The molecular formula is C27H40O. The fourth-order valence-corrected chi connectivity index (χ4v) is 5.34. The first-order chi connectivity index (χ1) is 13.8. The van der Waals surface area contributed by atoms with E-state index in [2.05, 4.69) is 49.9 Å². The topological polar surface area (TPSA) is 9.23 Å². The zero-order valence-corrected chi connectivity index (χ0v) is 18.0. The largest absolute Gasteiger partial charge is 0.373 e. The minimum atomic E-state index is 0.628. The van der Waals surface area contributed by atoms with Crippen molar-refractivity contribution in [1.29, 1.82) is 0 Å². The SMILES string of the molecule is C=CCOCc1ccc(C2CCC(CC[C@H]3CC[C@H](/C=C/C)CC3)CC2)cc1. The zero-order valence-electron chi connectivity index (χ0n) is 18.0. The van der Waals surface area contributed by atoms with Crippen LogP contribution in [0, 0.1) is 17.8 Å². The molecule has 0 atom stereocenters. The second kappa shape index (κ2) is 11.6. The van der Waals surface area contributed by atoms with E-state index in [9.17, 15) is 0 Å². The van der Waals surface area contributed by atoms with E-state index in [0.717, 1.165) is 23.7 Å². The number of allylic oxidation sites excluding steroid dienone is 2. The molecule has 0 saturated heterocycles. The van der Waals surface area contributed by atoms with E-state index < -0.39 is 0 Å². The van der Waals surface area contributed by atoms with Crippen LogP contribution in [0.15, 0.2) is 49.1 Å². The van der Waals surface area contributed by atoms with Gasteiger partial charge >= 0.3 is 0 Å². The van der Waals surface area contributed by atoms with Crippen LogP contribution in [0.1, 0.15) is 88.2 Å². The molecule has 2 aliphatic carbocycles. The molecule has 1 aromatic carbocycles. The van der Waals surface area contributed by atoms with Gasteiger partial charge in [0.2, 0.25) is 0 Å². The third-order valence-corrected chi connectivity index (χ3v) is 7.14. The summed E-state index contributed by atoms with van der Waals surface area (Å²) < 4.78 is 5.54. The van der Waals surface area contributed by atoms with Gasteiger partial charge < -0.3 is 4.74 Å². The van der Waals surface area contributed by atoms with Crippen molar-refractivity contribution in [2.24, 2.45) is 17.8 Å². The summed E-state index contributed by atoms with van der Waals surface area (Å²) in [6, 6.07) is 9.16. The number of benzene rings is 1. The van der Waals surface area contributed by atoms with Crippen molar-refractivity contribution >= 4 is 0 Å². The average molecular weight is 381 g/mol. The minimum absolute atomic E-state index is 0.628. The third-order valence-electron chi connectivity index (χ3n) is 7.14. The highest BCUT2D eigenvalue weighted by molar-refractivity contribution is 5.25. The molecule has 28 heavy (non-hydrogen) atoms. The van der Waals surface area contributed by atoms with Crippen LogP contribution in [-0.2, 0) is 11.3 Å². The number of ether oxygens (including phenoxy) is 1. The molecule has 1 aromatic rings. The fraction of sp³-hybridized carbons (Fsp3) is 0.630.